The molecule has 59 heavy (non-hydrogen) atoms. The van der Waals surface area contributed by atoms with Gasteiger partial charge in [-0.25, -0.2) is 9.97 Å². The monoisotopic (exact) mass is 751 g/mol. The number of hydrogen-bond acceptors (Lipinski definition) is 2. The molecule has 11 rings (SSSR count). The predicted octanol–water partition coefficient (Wildman–Crippen LogP) is 14.7. The molecule has 0 fully saturated rings. The van der Waals surface area contributed by atoms with E-state index in [1.165, 1.54) is 60.6 Å². The molecule has 11 aromatic rings. The number of nitrogens with zero attached hydrogens (tertiary/aromatic N) is 3. The highest BCUT2D eigenvalue weighted by molar-refractivity contribution is 6.11. The Kier molecular flexibility index (Phi) is 8.49. The molecule has 3 nitrogen and oxygen atoms in total. The third kappa shape index (κ3) is 6.26. The lowest BCUT2D eigenvalue weighted by molar-refractivity contribution is 1.18. The standard InChI is InChI=1S/C56H37N3/c1-4-15-38(16-5-1)39-27-29-40(30-28-39)52-37-53(58-56(57-52)41-17-6-2-7-18-41)49-33-32-46(47-23-10-11-24-48(47)49)44-20-14-19-42(35-44)43-31-34-55-51(36-43)50-25-12-13-26-54(50)59(55)45-21-8-3-9-22-45/h1-37H. The molecule has 9 aromatic carbocycles. The number of rotatable bonds is 7. The molecule has 0 saturated carbocycles. The number of hydrogen-bond donors (Lipinski definition) is 0. The van der Waals surface area contributed by atoms with Gasteiger partial charge >= 0.3 is 0 Å². The maximum atomic E-state index is 5.23. The first kappa shape index (κ1) is 34.4. The summed E-state index contributed by atoms with van der Waals surface area (Å²) in [6, 6.07) is 79.9. The molecule has 0 bridgehead atoms. The molecule has 0 atom stereocenters. The molecule has 2 aromatic heterocycles. The van der Waals surface area contributed by atoms with Crippen molar-refractivity contribution in [1.29, 1.82) is 0 Å². The fraction of sp³-hybridized carbons (Fsp3) is 0. The van der Waals surface area contributed by atoms with Crippen LogP contribution in [0.2, 0.25) is 0 Å². The molecule has 3 heteroatoms. The van der Waals surface area contributed by atoms with Crippen LogP contribution in [0.4, 0.5) is 0 Å². The SMILES string of the molecule is c1ccc(-c2ccc(-c3cc(-c4ccc(-c5cccc(-c6ccc7c(c6)c6ccccc6n7-c6ccccc6)c5)c5ccccc45)nc(-c4ccccc4)n3)cc2)cc1. The topological polar surface area (TPSA) is 30.7 Å². The third-order valence-electron chi connectivity index (χ3n) is 11.4. The highest BCUT2D eigenvalue weighted by Gasteiger charge is 2.17. The molecule has 0 aliphatic carbocycles. The van der Waals surface area contributed by atoms with Gasteiger partial charge in [0.2, 0.25) is 0 Å². The smallest absolute Gasteiger partial charge is 0.160 e. The first-order valence-electron chi connectivity index (χ1n) is 20.1. The zero-order valence-electron chi connectivity index (χ0n) is 32.2. The van der Waals surface area contributed by atoms with Gasteiger partial charge in [-0.2, -0.15) is 0 Å². The van der Waals surface area contributed by atoms with Crippen LogP contribution in [-0.2, 0) is 0 Å². The van der Waals surface area contributed by atoms with E-state index in [0.717, 1.165) is 39.2 Å². The van der Waals surface area contributed by atoms with Crippen LogP contribution in [0.3, 0.4) is 0 Å². The average Bonchev–Trinajstić information content (AvgIpc) is 3.66. The normalized spacial score (nSPS) is 11.4. The van der Waals surface area contributed by atoms with Crippen LogP contribution in [0.5, 0.6) is 0 Å². The molecule has 0 unspecified atom stereocenters. The Hall–Kier alpha value is -7.88. The van der Waals surface area contributed by atoms with Gasteiger partial charge in [-0.05, 0) is 86.6 Å². The second-order valence-corrected chi connectivity index (χ2v) is 15.0. The number of benzene rings is 9. The Morgan fingerprint density at radius 3 is 1.54 bits per heavy atom. The summed E-state index contributed by atoms with van der Waals surface area (Å²) in [5, 5.41) is 4.82. The van der Waals surface area contributed by atoms with E-state index < -0.39 is 0 Å². The van der Waals surface area contributed by atoms with Gasteiger partial charge in [0.05, 0.1) is 22.4 Å². The van der Waals surface area contributed by atoms with Gasteiger partial charge in [-0.15, -0.1) is 0 Å². The first-order chi connectivity index (χ1) is 29.2. The number of fused-ring (bicyclic) bond motifs is 4. The lowest BCUT2D eigenvalue weighted by Crippen LogP contribution is -1.97. The summed E-state index contributed by atoms with van der Waals surface area (Å²) in [5.41, 5.74) is 15.5. The lowest BCUT2D eigenvalue weighted by Gasteiger charge is -2.15. The van der Waals surface area contributed by atoms with Gasteiger partial charge in [0.1, 0.15) is 0 Å². The van der Waals surface area contributed by atoms with E-state index in [9.17, 15) is 0 Å². The van der Waals surface area contributed by atoms with Crippen LogP contribution in [-0.4, -0.2) is 14.5 Å². The molecule has 0 amide bonds. The highest BCUT2D eigenvalue weighted by atomic mass is 15.0. The van der Waals surface area contributed by atoms with E-state index in [4.69, 9.17) is 9.97 Å². The van der Waals surface area contributed by atoms with Crippen LogP contribution >= 0.6 is 0 Å². The Balaban J connectivity index is 1.01. The van der Waals surface area contributed by atoms with Crippen molar-refractivity contribution in [3.8, 4) is 73.0 Å². The maximum Gasteiger partial charge on any atom is 0.160 e. The van der Waals surface area contributed by atoms with Gasteiger partial charge in [-0.3, -0.25) is 0 Å². The van der Waals surface area contributed by atoms with Gasteiger partial charge in [0.15, 0.2) is 5.82 Å². The number of aromatic nitrogens is 3. The summed E-state index contributed by atoms with van der Waals surface area (Å²) in [6.45, 7) is 0. The Labute approximate surface area is 343 Å². The summed E-state index contributed by atoms with van der Waals surface area (Å²) in [4.78, 5) is 10.4. The fourth-order valence-corrected chi connectivity index (χ4v) is 8.56. The molecule has 0 saturated heterocycles. The van der Waals surface area contributed by atoms with Crippen molar-refractivity contribution in [3.63, 3.8) is 0 Å². The Morgan fingerprint density at radius 2 is 0.780 bits per heavy atom. The summed E-state index contributed by atoms with van der Waals surface area (Å²) in [5.74, 6) is 0.704. The molecule has 0 aliphatic rings. The molecule has 0 N–H and O–H groups in total. The van der Waals surface area contributed by atoms with E-state index in [1.807, 2.05) is 24.3 Å². The van der Waals surface area contributed by atoms with E-state index in [-0.39, 0.29) is 0 Å². The van der Waals surface area contributed by atoms with Crippen LogP contribution in [0.1, 0.15) is 0 Å². The largest absolute Gasteiger partial charge is 0.309 e. The molecular formula is C56H37N3. The van der Waals surface area contributed by atoms with Crippen molar-refractivity contribution < 1.29 is 0 Å². The van der Waals surface area contributed by atoms with Crippen LogP contribution in [0, 0.1) is 0 Å². The minimum atomic E-state index is 0.704. The second-order valence-electron chi connectivity index (χ2n) is 15.0. The minimum Gasteiger partial charge on any atom is -0.309 e. The van der Waals surface area contributed by atoms with Crippen LogP contribution in [0.25, 0.3) is 106 Å². The molecular weight excluding hydrogens is 715 g/mol. The average molecular weight is 752 g/mol. The van der Waals surface area contributed by atoms with Gasteiger partial charge in [-0.1, -0.05) is 182 Å². The van der Waals surface area contributed by atoms with Gasteiger partial charge in [0, 0.05) is 33.2 Å². The van der Waals surface area contributed by atoms with Gasteiger partial charge < -0.3 is 4.57 Å². The first-order valence-corrected chi connectivity index (χ1v) is 20.1. The summed E-state index contributed by atoms with van der Waals surface area (Å²) in [6.07, 6.45) is 0. The molecule has 0 aliphatic heterocycles. The van der Waals surface area contributed by atoms with Gasteiger partial charge in [0.25, 0.3) is 0 Å². The lowest BCUT2D eigenvalue weighted by atomic mass is 9.91. The number of para-hydroxylation sites is 2. The Morgan fingerprint density at radius 1 is 0.271 bits per heavy atom. The van der Waals surface area contributed by atoms with E-state index in [1.54, 1.807) is 0 Å². The minimum absolute atomic E-state index is 0.704. The second kappa shape index (κ2) is 14.6. The van der Waals surface area contributed by atoms with Crippen molar-refractivity contribution in [3.05, 3.63) is 224 Å². The molecule has 0 spiro atoms. The van der Waals surface area contributed by atoms with E-state index in [2.05, 4.69) is 205 Å². The maximum absolute atomic E-state index is 5.23. The molecule has 0 radical (unpaired) electrons. The zero-order valence-corrected chi connectivity index (χ0v) is 32.2. The van der Waals surface area contributed by atoms with E-state index >= 15 is 0 Å². The molecule has 2 heterocycles. The fourth-order valence-electron chi connectivity index (χ4n) is 8.56. The predicted molar refractivity (Wildman–Crippen MR) is 246 cm³/mol. The third-order valence-corrected chi connectivity index (χ3v) is 11.4. The van der Waals surface area contributed by atoms with Crippen LogP contribution < -0.4 is 0 Å². The van der Waals surface area contributed by atoms with Crippen molar-refractivity contribution in [2.75, 3.05) is 0 Å². The van der Waals surface area contributed by atoms with Crippen molar-refractivity contribution >= 4 is 32.6 Å². The van der Waals surface area contributed by atoms with Crippen LogP contribution in [0.15, 0.2) is 224 Å². The highest BCUT2D eigenvalue weighted by Crippen LogP contribution is 2.40. The molecule has 276 valence electrons. The van der Waals surface area contributed by atoms with Crippen molar-refractivity contribution in [1.82, 2.24) is 14.5 Å². The summed E-state index contributed by atoms with van der Waals surface area (Å²) >= 11 is 0. The van der Waals surface area contributed by atoms with Crippen molar-refractivity contribution in [2.24, 2.45) is 0 Å². The summed E-state index contributed by atoms with van der Waals surface area (Å²) in [7, 11) is 0. The quantitative estimate of drug-likeness (QED) is 0.162. The summed E-state index contributed by atoms with van der Waals surface area (Å²) < 4.78 is 2.36. The zero-order chi connectivity index (χ0) is 39.1. The van der Waals surface area contributed by atoms with E-state index in [0.29, 0.717) is 5.82 Å². The Bertz CT molecular complexity index is 3290. The van der Waals surface area contributed by atoms with Crippen molar-refractivity contribution in [2.45, 2.75) is 0 Å².